The van der Waals surface area contributed by atoms with Crippen LogP contribution in [0.5, 0.6) is 0 Å². The molecule has 0 aromatic carbocycles. The van der Waals surface area contributed by atoms with Gasteiger partial charge >= 0.3 is 12.0 Å². The van der Waals surface area contributed by atoms with E-state index >= 15 is 0 Å². The van der Waals surface area contributed by atoms with Gasteiger partial charge in [0.2, 0.25) is 11.8 Å². The van der Waals surface area contributed by atoms with E-state index in [9.17, 15) is 48.8 Å². The normalized spacial score (nSPS) is 16.8. The summed E-state index contributed by atoms with van der Waals surface area (Å²) in [5.41, 5.74) is -4.12. The summed E-state index contributed by atoms with van der Waals surface area (Å²) in [4.78, 5) is 76.1. The highest BCUT2D eigenvalue weighted by molar-refractivity contribution is 7.89. The molecule has 69 heavy (non-hydrogen) atoms. The van der Waals surface area contributed by atoms with Gasteiger partial charge in [0.15, 0.2) is 33.1 Å². The second kappa shape index (κ2) is 20.0. The number of anilines is 4. The third-order valence-electron chi connectivity index (χ3n) is 10.7. The van der Waals surface area contributed by atoms with Crippen LogP contribution in [-0.2, 0) is 24.9 Å². The number of alkyl halides is 4. The summed E-state index contributed by atoms with van der Waals surface area (Å²) in [5, 5.41) is 6.08. The molecule has 6 rings (SSSR count). The molecule has 0 spiro atoms. The molecule has 0 bridgehead atoms. The molecule has 20 nitrogen and oxygen atoms in total. The molecule has 28 heteroatoms. The first-order valence-electron chi connectivity index (χ1n) is 21.2. The van der Waals surface area contributed by atoms with Gasteiger partial charge in [-0.05, 0) is 50.7 Å². The molecule has 3 N–H and O–H groups in total. The molecule has 0 unspecified atom stereocenters. The molecule has 2 aliphatic heterocycles. The van der Waals surface area contributed by atoms with Crippen LogP contribution in [0.4, 0.5) is 45.4 Å². The first-order chi connectivity index (χ1) is 32.0. The summed E-state index contributed by atoms with van der Waals surface area (Å²) in [6, 6.07) is 3.92. The number of primary sulfonamides is 1. The summed E-state index contributed by atoms with van der Waals surface area (Å²) >= 11 is 12.3. The summed E-state index contributed by atoms with van der Waals surface area (Å²) in [6.07, 6.45) is 0.141. The Hall–Kier alpha value is -5.57. The number of hydrogen-bond acceptors (Lipinski definition) is 16. The van der Waals surface area contributed by atoms with Crippen LogP contribution in [0.1, 0.15) is 101 Å². The number of hydrogen-bond donors (Lipinski definition) is 2. The predicted molar refractivity (Wildman–Crippen MR) is 244 cm³/mol. The fraction of sp³-hybridized carbons (Fsp3) is 0.488. The number of nitrogens with two attached hydrogens (primary N) is 1. The third kappa shape index (κ3) is 13.0. The molecule has 0 aliphatic carbocycles. The highest BCUT2D eigenvalue weighted by Crippen LogP contribution is 2.38. The minimum atomic E-state index is -5.21. The summed E-state index contributed by atoms with van der Waals surface area (Å²) in [7, 11) is -9.81. The van der Waals surface area contributed by atoms with Crippen LogP contribution < -0.4 is 25.3 Å². The number of rotatable bonds is 11. The topological polar surface area (TPSA) is 257 Å². The van der Waals surface area contributed by atoms with Crippen molar-refractivity contribution in [1.82, 2.24) is 34.2 Å². The Morgan fingerprint density at radius 1 is 0.768 bits per heavy atom. The lowest BCUT2D eigenvalue weighted by Gasteiger charge is -2.40. The summed E-state index contributed by atoms with van der Waals surface area (Å²) in [5.74, 6) is -8.69. The van der Waals surface area contributed by atoms with Gasteiger partial charge in [0.1, 0.15) is 10.3 Å². The van der Waals surface area contributed by atoms with E-state index in [2.05, 4.69) is 35.2 Å². The van der Waals surface area contributed by atoms with E-state index in [0.717, 1.165) is 43.0 Å². The summed E-state index contributed by atoms with van der Waals surface area (Å²) < 4.78 is 113. The predicted octanol–water partition coefficient (Wildman–Crippen LogP) is 7.12. The van der Waals surface area contributed by atoms with Gasteiger partial charge in [0.05, 0.1) is 23.6 Å². The number of nitrogens with zero attached hydrogens (tertiary/aromatic N) is 10. The zero-order valence-electron chi connectivity index (χ0n) is 37.8. The number of halogens is 6. The third-order valence-corrected chi connectivity index (χ3v) is 13.7. The van der Waals surface area contributed by atoms with E-state index in [1.165, 1.54) is 29.7 Å². The van der Waals surface area contributed by atoms with Crippen molar-refractivity contribution in [2.24, 2.45) is 10.6 Å². The van der Waals surface area contributed by atoms with E-state index < -0.39 is 101 Å². The van der Waals surface area contributed by atoms with Crippen LogP contribution in [0.15, 0.2) is 59.1 Å². The average molecular weight is 1050 g/mol. The number of carbonyl (C=O) groups excluding carboxylic acids is 3. The maximum atomic E-state index is 15.0. The molecular formula is C41H48Cl2F4N12O8S2. The fourth-order valence-corrected chi connectivity index (χ4v) is 10.4. The number of sulfonamides is 2. The molecule has 2 aliphatic rings. The van der Waals surface area contributed by atoms with Gasteiger partial charge in [-0.3, -0.25) is 9.59 Å². The zero-order valence-corrected chi connectivity index (χ0v) is 40.9. The molecule has 0 atom stereocenters. The van der Waals surface area contributed by atoms with Crippen LogP contribution in [-0.4, -0.2) is 113 Å². The van der Waals surface area contributed by atoms with Crippen LogP contribution >= 0.6 is 23.2 Å². The molecule has 2 fully saturated rings. The Bertz CT molecular complexity index is 2850. The van der Waals surface area contributed by atoms with Crippen molar-refractivity contribution in [3.63, 3.8) is 0 Å². The summed E-state index contributed by atoms with van der Waals surface area (Å²) in [6.45, 7) is 7.61. The first kappa shape index (κ1) is 52.8. The molecule has 6 heterocycles. The van der Waals surface area contributed by atoms with E-state index in [0.29, 0.717) is 4.31 Å². The van der Waals surface area contributed by atoms with Crippen molar-refractivity contribution in [3.05, 3.63) is 70.7 Å². The van der Waals surface area contributed by atoms with Crippen LogP contribution in [0.3, 0.4) is 0 Å². The minimum absolute atomic E-state index is 0.0385. The molecule has 0 radical (unpaired) electrons. The maximum absolute atomic E-state index is 15.0. The number of pyridine rings is 2. The Morgan fingerprint density at radius 3 is 1.84 bits per heavy atom. The Kier molecular flexibility index (Phi) is 15.3. The number of carbonyl (C=O) groups is 3. The second-order valence-corrected chi connectivity index (χ2v) is 22.1. The first-order valence-corrected chi connectivity index (χ1v) is 24.9. The van der Waals surface area contributed by atoms with E-state index in [-0.39, 0.29) is 90.2 Å². The molecule has 3 amide bonds. The van der Waals surface area contributed by atoms with E-state index in [1.54, 1.807) is 20.8 Å². The standard InChI is InChI=1S/C41H48Cl2F4N12O8S2/c1-38(2,3)24-39(4,5)59(69(65,66)30-20-25(8-14-50-30)53-35(60)31-33(54-27(42)22-51-31)56-16-6-10-40(44,45)12-18-56)37(62)67-58(26-9-15-49-29(21-26)68(48,63)64)36(61)32-34(55-28(43)23-52-32)57-17-7-11-41(46,47)13-19-57/h8-9,14-15,20-23H,6-7,10-13,16-19,24H2,1-5H3,(H2,48,63,64)(H,50,53,60). The van der Waals surface area contributed by atoms with Crippen LogP contribution in [0, 0.1) is 5.41 Å². The van der Waals surface area contributed by atoms with Gasteiger partial charge < -0.3 is 20.0 Å². The Labute approximate surface area is 405 Å². The molecule has 4 aromatic heterocycles. The zero-order chi connectivity index (χ0) is 50.9. The molecule has 4 aromatic rings. The van der Waals surface area contributed by atoms with Gasteiger partial charge in [-0.1, -0.05) is 44.0 Å². The number of hydroxylamine groups is 1. The highest BCUT2D eigenvalue weighted by atomic mass is 35.5. The van der Waals surface area contributed by atoms with Crippen LogP contribution in [0.25, 0.3) is 0 Å². The largest absolute Gasteiger partial charge is 0.449 e. The van der Waals surface area contributed by atoms with Gasteiger partial charge in [-0.2, -0.15) is 12.7 Å². The molecular weight excluding hydrogens is 1000 g/mol. The maximum Gasteiger partial charge on any atom is 0.449 e. The molecule has 374 valence electrons. The van der Waals surface area contributed by atoms with Gasteiger partial charge in [0.25, 0.3) is 26.0 Å². The Morgan fingerprint density at radius 2 is 1.29 bits per heavy atom. The average Bonchev–Trinajstić information content (AvgIpc) is 3.54. The van der Waals surface area contributed by atoms with Crippen molar-refractivity contribution in [2.75, 3.05) is 46.4 Å². The van der Waals surface area contributed by atoms with Crippen molar-refractivity contribution >= 4 is 84.2 Å². The minimum Gasteiger partial charge on any atom is -0.354 e. The van der Waals surface area contributed by atoms with Gasteiger partial charge in [0, 0.05) is 82.1 Å². The SMILES string of the molecule is CC(C)(C)CC(C)(C)N(C(=O)ON(C(=O)c1ncc(Cl)nc1N1CCCC(F)(F)CC1)c1ccnc(S(N)(=O)=O)c1)S(=O)(=O)c1cc(NC(=O)c2ncc(Cl)nc2N2CCCC(F)(F)CC2)ccn1. The van der Waals surface area contributed by atoms with Crippen molar-refractivity contribution in [1.29, 1.82) is 0 Å². The van der Waals surface area contributed by atoms with Gasteiger partial charge in [-0.25, -0.2) is 65.8 Å². The fourth-order valence-electron chi connectivity index (χ4n) is 8.08. The Balaban J connectivity index is 1.40. The van der Waals surface area contributed by atoms with E-state index in [4.69, 9.17) is 33.2 Å². The van der Waals surface area contributed by atoms with E-state index in [1.807, 2.05) is 0 Å². The lowest BCUT2D eigenvalue weighted by molar-refractivity contribution is -0.0109. The lowest BCUT2D eigenvalue weighted by atomic mass is 9.82. The van der Waals surface area contributed by atoms with Crippen molar-refractivity contribution < 1.29 is 53.6 Å². The second-order valence-electron chi connectivity index (χ2n) is 18.1. The van der Waals surface area contributed by atoms with Crippen molar-refractivity contribution in [2.45, 2.75) is 107 Å². The molecule has 0 saturated carbocycles. The number of amides is 3. The molecule has 2 saturated heterocycles. The quantitative estimate of drug-likeness (QED) is 0.112. The number of nitrogens with one attached hydrogen (secondary N) is 1. The van der Waals surface area contributed by atoms with Crippen molar-refractivity contribution in [3.8, 4) is 0 Å². The number of aromatic nitrogens is 6. The lowest BCUT2D eigenvalue weighted by Crippen LogP contribution is -2.54. The monoisotopic (exact) mass is 1050 g/mol. The smallest absolute Gasteiger partial charge is 0.354 e. The van der Waals surface area contributed by atoms with Gasteiger partial charge in [-0.15, -0.1) is 5.06 Å². The van der Waals surface area contributed by atoms with Crippen LogP contribution in [0.2, 0.25) is 10.3 Å². The highest BCUT2D eigenvalue weighted by Gasteiger charge is 2.47.